The van der Waals surface area contributed by atoms with Crippen molar-refractivity contribution in [3.63, 3.8) is 0 Å². The maximum atomic E-state index is 13.8. The van der Waals surface area contributed by atoms with E-state index in [1.54, 1.807) is 0 Å². The van der Waals surface area contributed by atoms with Crippen LogP contribution in [0.4, 0.5) is 32.0 Å². The number of amides is 1. The molecule has 0 unspecified atom stereocenters. The fourth-order valence-corrected chi connectivity index (χ4v) is 4.29. The van der Waals surface area contributed by atoms with Crippen LogP contribution in [-0.4, -0.2) is 28.9 Å². The van der Waals surface area contributed by atoms with E-state index in [2.05, 4.69) is 15.4 Å². The standard InChI is InChI=1S/C22H15F6N5O3S/c1-11-2-7-14(8-17(11)37(29,35)36)31-20(34)15-10-30-33-18(22(26,27)28)9-16(32-19(15)33)12-3-5-13(6-4-12)21(23,24)25/h2-10H,1H3,(H,31,34)(H2,29,35,36). The fourth-order valence-electron chi connectivity index (χ4n) is 3.49. The number of benzene rings is 2. The van der Waals surface area contributed by atoms with Crippen molar-refractivity contribution < 1.29 is 39.6 Å². The van der Waals surface area contributed by atoms with Crippen LogP contribution >= 0.6 is 0 Å². The number of nitrogens with one attached hydrogen (secondary N) is 1. The minimum atomic E-state index is -4.96. The second-order valence-electron chi connectivity index (χ2n) is 7.87. The Hall–Kier alpha value is -3.98. The van der Waals surface area contributed by atoms with Gasteiger partial charge in [-0.1, -0.05) is 18.2 Å². The Labute approximate surface area is 204 Å². The maximum absolute atomic E-state index is 13.8. The van der Waals surface area contributed by atoms with E-state index in [1.807, 2.05) is 0 Å². The number of anilines is 1. The molecule has 0 atom stereocenters. The van der Waals surface area contributed by atoms with Crippen LogP contribution in [0.5, 0.6) is 0 Å². The van der Waals surface area contributed by atoms with E-state index >= 15 is 0 Å². The SMILES string of the molecule is Cc1ccc(NC(=O)c2cnn3c(C(F)(F)F)cc(-c4ccc(C(F)(F)F)cc4)nc23)cc1S(N)(=O)=O. The third kappa shape index (κ3) is 5.27. The first-order chi connectivity index (χ1) is 17.1. The molecule has 0 bridgehead atoms. The Morgan fingerprint density at radius 2 is 1.62 bits per heavy atom. The minimum absolute atomic E-state index is 0.0195. The van der Waals surface area contributed by atoms with Crippen molar-refractivity contribution in [1.29, 1.82) is 0 Å². The molecule has 194 valence electrons. The zero-order valence-corrected chi connectivity index (χ0v) is 19.3. The van der Waals surface area contributed by atoms with Gasteiger partial charge in [-0.25, -0.2) is 23.1 Å². The molecule has 15 heteroatoms. The number of rotatable bonds is 4. The highest BCUT2D eigenvalue weighted by Crippen LogP contribution is 2.34. The molecule has 37 heavy (non-hydrogen) atoms. The van der Waals surface area contributed by atoms with Gasteiger partial charge in [0.05, 0.1) is 22.3 Å². The molecule has 0 radical (unpaired) electrons. The Bertz CT molecular complexity index is 1630. The summed E-state index contributed by atoms with van der Waals surface area (Å²) < 4.78 is 104. The topological polar surface area (TPSA) is 119 Å². The summed E-state index contributed by atoms with van der Waals surface area (Å²) in [6.07, 6.45) is -8.77. The van der Waals surface area contributed by atoms with E-state index in [0.717, 1.165) is 24.4 Å². The number of halogens is 6. The monoisotopic (exact) mass is 543 g/mol. The second kappa shape index (κ2) is 8.85. The molecule has 0 aliphatic heterocycles. The number of sulfonamides is 1. The highest BCUT2D eigenvalue weighted by molar-refractivity contribution is 7.89. The summed E-state index contributed by atoms with van der Waals surface area (Å²) in [4.78, 5) is 16.7. The van der Waals surface area contributed by atoms with Crippen molar-refractivity contribution in [2.75, 3.05) is 5.32 Å². The second-order valence-corrected chi connectivity index (χ2v) is 9.40. The predicted octanol–water partition coefficient (Wildman–Crippen LogP) is 4.64. The largest absolute Gasteiger partial charge is 0.433 e. The predicted molar refractivity (Wildman–Crippen MR) is 119 cm³/mol. The molecule has 8 nitrogen and oxygen atoms in total. The van der Waals surface area contributed by atoms with Crippen LogP contribution in [0.2, 0.25) is 0 Å². The maximum Gasteiger partial charge on any atom is 0.433 e. The van der Waals surface area contributed by atoms with Gasteiger partial charge < -0.3 is 5.32 Å². The summed E-state index contributed by atoms with van der Waals surface area (Å²) in [5.41, 5.74) is -3.39. The number of hydrogen-bond acceptors (Lipinski definition) is 5. The molecule has 0 saturated heterocycles. The van der Waals surface area contributed by atoms with E-state index in [0.29, 0.717) is 28.3 Å². The first kappa shape index (κ1) is 26.1. The minimum Gasteiger partial charge on any atom is -0.322 e. The van der Waals surface area contributed by atoms with Crippen molar-refractivity contribution in [1.82, 2.24) is 14.6 Å². The number of hydrogen-bond donors (Lipinski definition) is 2. The molecule has 0 fully saturated rings. The van der Waals surface area contributed by atoms with Crippen molar-refractivity contribution in [2.24, 2.45) is 5.14 Å². The van der Waals surface area contributed by atoms with Crippen molar-refractivity contribution in [3.05, 3.63) is 77.1 Å². The van der Waals surface area contributed by atoms with E-state index < -0.39 is 50.8 Å². The van der Waals surface area contributed by atoms with E-state index in [1.165, 1.54) is 19.1 Å². The quantitative estimate of drug-likeness (QED) is 0.364. The number of alkyl halides is 6. The van der Waals surface area contributed by atoms with E-state index in [-0.39, 0.29) is 21.8 Å². The zero-order valence-electron chi connectivity index (χ0n) is 18.5. The van der Waals surface area contributed by atoms with Gasteiger partial charge in [-0.15, -0.1) is 0 Å². The Kier molecular flexibility index (Phi) is 6.24. The lowest BCUT2D eigenvalue weighted by atomic mass is 10.1. The van der Waals surface area contributed by atoms with Gasteiger partial charge in [-0.2, -0.15) is 31.4 Å². The molecule has 2 aromatic carbocycles. The first-order valence-electron chi connectivity index (χ1n) is 10.1. The fraction of sp³-hybridized carbons (Fsp3) is 0.136. The van der Waals surface area contributed by atoms with Gasteiger partial charge in [0.1, 0.15) is 5.56 Å². The number of fused-ring (bicyclic) bond motifs is 1. The van der Waals surface area contributed by atoms with Crippen molar-refractivity contribution in [3.8, 4) is 11.3 Å². The average molecular weight is 543 g/mol. The molecule has 2 heterocycles. The Morgan fingerprint density at radius 1 is 0.973 bits per heavy atom. The lowest BCUT2D eigenvalue weighted by molar-refractivity contribution is -0.142. The summed E-state index contributed by atoms with van der Waals surface area (Å²) in [6, 6.07) is 7.71. The number of carbonyl (C=O) groups excluding carboxylic acids is 1. The molecule has 0 saturated carbocycles. The van der Waals surface area contributed by atoms with Gasteiger partial charge in [0.25, 0.3) is 5.91 Å². The van der Waals surface area contributed by atoms with E-state index in [9.17, 15) is 39.6 Å². The number of aryl methyl sites for hydroxylation is 1. The highest BCUT2D eigenvalue weighted by atomic mass is 32.2. The van der Waals surface area contributed by atoms with Gasteiger partial charge in [0, 0.05) is 11.3 Å². The normalized spacial score (nSPS) is 12.6. The number of nitrogens with two attached hydrogens (primary N) is 1. The summed E-state index contributed by atoms with van der Waals surface area (Å²) in [5.74, 6) is -0.968. The average Bonchev–Trinajstić information content (AvgIpc) is 3.22. The Balaban J connectivity index is 1.80. The van der Waals surface area contributed by atoms with Crippen LogP contribution in [0, 0.1) is 6.92 Å². The molecular weight excluding hydrogens is 528 g/mol. The number of nitrogens with zero attached hydrogens (tertiary/aromatic N) is 3. The van der Waals surface area contributed by atoms with Gasteiger partial charge in [-0.3, -0.25) is 4.79 Å². The third-order valence-electron chi connectivity index (χ3n) is 5.27. The lowest BCUT2D eigenvalue weighted by Crippen LogP contribution is -2.17. The van der Waals surface area contributed by atoms with Crippen LogP contribution in [0.15, 0.2) is 59.6 Å². The summed E-state index contributed by atoms with van der Waals surface area (Å²) in [7, 11) is -4.13. The molecule has 0 spiro atoms. The van der Waals surface area contributed by atoms with Gasteiger partial charge >= 0.3 is 12.4 Å². The van der Waals surface area contributed by atoms with E-state index in [4.69, 9.17) is 5.14 Å². The van der Waals surface area contributed by atoms with Crippen LogP contribution < -0.4 is 10.5 Å². The molecule has 2 aromatic heterocycles. The van der Waals surface area contributed by atoms with Crippen LogP contribution in [0.25, 0.3) is 16.9 Å². The van der Waals surface area contributed by atoms with Crippen LogP contribution in [0.3, 0.4) is 0 Å². The smallest absolute Gasteiger partial charge is 0.322 e. The summed E-state index contributed by atoms with van der Waals surface area (Å²) in [6.45, 7) is 1.47. The molecule has 3 N–H and O–H groups in total. The molecular formula is C22H15F6N5O3S. The van der Waals surface area contributed by atoms with Crippen molar-refractivity contribution in [2.45, 2.75) is 24.2 Å². The molecule has 0 aliphatic carbocycles. The van der Waals surface area contributed by atoms with Gasteiger partial charge in [0.15, 0.2) is 11.3 Å². The lowest BCUT2D eigenvalue weighted by Gasteiger charge is -2.12. The highest BCUT2D eigenvalue weighted by Gasteiger charge is 2.36. The number of aromatic nitrogens is 3. The van der Waals surface area contributed by atoms with Crippen LogP contribution in [-0.2, 0) is 22.4 Å². The number of primary sulfonamides is 1. The van der Waals surface area contributed by atoms with Crippen LogP contribution in [0.1, 0.15) is 27.2 Å². The number of carbonyl (C=O) groups is 1. The first-order valence-corrected chi connectivity index (χ1v) is 11.7. The van der Waals surface area contributed by atoms with Crippen molar-refractivity contribution >= 4 is 27.3 Å². The van der Waals surface area contributed by atoms with Gasteiger partial charge in [0.2, 0.25) is 10.0 Å². The molecule has 4 aromatic rings. The van der Waals surface area contributed by atoms with Gasteiger partial charge in [-0.05, 0) is 42.8 Å². The summed E-state index contributed by atoms with van der Waals surface area (Å²) >= 11 is 0. The molecule has 0 aliphatic rings. The zero-order chi connectivity index (χ0) is 27.3. The molecule has 4 rings (SSSR count). The summed E-state index contributed by atoms with van der Waals surface area (Å²) in [5, 5.41) is 11.1. The third-order valence-corrected chi connectivity index (χ3v) is 6.32. The Morgan fingerprint density at radius 3 is 2.19 bits per heavy atom. The molecule has 1 amide bonds.